The summed E-state index contributed by atoms with van der Waals surface area (Å²) in [6.45, 7) is 3.52. The number of carbonyl (C=O) groups is 1. The fourth-order valence-corrected chi connectivity index (χ4v) is 1.20. The van der Waals surface area contributed by atoms with E-state index in [1.54, 1.807) is 20.9 Å². The Morgan fingerprint density at radius 2 is 2.17 bits per heavy atom. The van der Waals surface area contributed by atoms with Crippen LogP contribution in [0.2, 0.25) is 0 Å². The van der Waals surface area contributed by atoms with Crippen LogP contribution in [0.3, 0.4) is 0 Å². The third kappa shape index (κ3) is 1.13. The highest BCUT2D eigenvalue weighted by atomic mass is 16.2. The van der Waals surface area contributed by atoms with Crippen LogP contribution < -0.4 is 11.1 Å². The summed E-state index contributed by atoms with van der Waals surface area (Å²) >= 11 is 0. The van der Waals surface area contributed by atoms with Gasteiger partial charge >= 0.3 is 6.03 Å². The number of aryl methyl sites for hydroxylation is 1. The molecular weight excluding hydrogens is 156 g/mol. The Morgan fingerprint density at radius 3 is 2.42 bits per heavy atom. The number of amides is 1. The number of nitrogens with one attached hydrogen (secondary N) is 1. The number of nitrogens with two attached hydrogens (primary N) is 1. The molecule has 0 saturated carbocycles. The highest BCUT2D eigenvalue weighted by Crippen LogP contribution is 2.13. The summed E-state index contributed by atoms with van der Waals surface area (Å²) < 4.78 is 1.37. The standard InChI is InChI=1S/C7H12N4O/c1-4-6(9-3)10-5(2)11(4)7(8)12/h9H,1-3H3,(H2,8,12). The number of carbonyl (C=O) groups excluding carboxylic acids is 1. The minimum Gasteiger partial charge on any atom is -0.372 e. The molecule has 1 heterocycles. The second-order valence-corrected chi connectivity index (χ2v) is 2.52. The molecule has 0 radical (unpaired) electrons. The van der Waals surface area contributed by atoms with Crippen LogP contribution in [-0.2, 0) is 0 Å². The Kier molecular flexibility index (Phi) is 2.03. The van der Waals surface area contributed by atoms with Gasteiger partial charge in [-0.05, 0) is 13.8 Å². The molecule has 1 aromatic rings. The van der Waals surface area contributed by atoms with Crippen molar-refractivity contribution in [3.63, 3.8) is 0 Å². The van der Waals surface area contributed by atoms with Crippen molar-refractivity contribution >= 4 is 11.8 Å². The largest absolute Gasteiger partial charge is 0.372 e. The molecule has 5 heteroatoms. The average molecular weight is 168 g/mol. The van der Waals surface area contributed by atoms with E-state index < -0.39 is 6.03 Å². The number of primary amides is 1. The van der Waals surface area contributed by atoms with Gasteiger partial charge in [0.15, 0.2) is 0 Å². The average Bonchev–Trinajstić information content (AvgIpc) is 2.25. The predicted octanol–water partition coefficient (Wildman–Crippen LogP) is 0.468. The van der Waals surface area contributed by atoms with Crippen molar-refractivity contribution in [3.05, 3.63) is 11.5 Å². The Labute approximate surface area is 70.6 Å². The van der Waals surface area contributed by atoms with Gasteiger partial charge < -0.3 is 11.1 Å². The van der Waals surface area contributed by atoms with E-state index in [1.165, 1.54) is 4.57 Å². The third-order valence-electron chi connectivity index (χ3n) is 1.73. The number of nitrogens with zero attached hydrogens (tertiary/aromatic N) is 2. The first kappa shape index (κ1) is 8.58. The van der Waals surface area contributed by atoms with E-state index in [0.717, 1.165) is 5.69 Å². The van der Waals surface area contributed by atoms with E-state index >= 15 is 0 Å². The highest BCUT2D eigenvalue weighted by molar-refractivity contribution is 5.77. The van der Waals surface area contributed by atoms with Gasteiger partial charge in [-0.25, -0.2) is 9.78 Å². The third-order valence-corrected chi connectivity index (χ3v) is 1.73. The number of rotatable bonds is 1. The summed E-state index contributed by atoms with van der Waals surface area (Å²) in [5.74, 6) is 1.29. The maximum absolute atomic E-state index is 10.9. The maximum atomic E-state index is 10.9. The summed E-state index contributed by atoms with van der Waals surface area (Å²) in [6, 6.07) is -0.501. The molecule has 0 spiro atoms. The van der Waals surface area contributed by atoms with Gasteiger partial charge in [0.05, 0.1) is 5.69 Å². The van der Waals surface area contributed by atoms with Gasteiger partial charge in [-0.2, -0.15) is 0 Å². The predicted molar refractivity (Wildman–Crippen MR) is 46.2 cm³/mol. The van der Waals surface area contributed by atoms with Crippen LogP contribution in [-0.4, -0.2) is 22.6 Å². The van der Waals surface area contributed by atoms with Crippen LogP contribution in [0.15, 0.2) is 0 Å². The van der Waals surface area contributed by atoms with Crippen LogP contribution >= 0.6 is 0 Å². The second-order valence-electron chi connectivity index (χ2n) is 2.52. The molecule has 0 atom stereocenters. The van der Waals surface area contributed by atoms with Crippen molar-refractivity contribution < 1.29 is 4.79 Å². The minimum atomic E-state index is -0.501. The highest BCUT2D eigenvalue weighted by Gasteiger charge is 2.12. The quantitative estimate of drug-likeness (QED) is 0.640. The molecule has 0 aliphatic heterocycles. The van der Waals surface area contributed by atoms with E-state index in [-0.39, 0.29) is 0 Å². The number of hydrogen-bond acceptors (Lipinski definition) is 3. The molecule has 0 bridgehead atoms. The van der Waals surface area contributed by atoms with Crippen molar-refractivity contribution in [3.8, 4) is 0 Å². The Morgan fingerprint density at radius 1 is 1.58 bits per heavy atom. The van der Waals surface area contributed by atoms with E-state index in [4.69, 9.17) is 5.73 Å². The molecular formula is C7H12N4O. The van der Waals surface area contributed by atoms with E-state index in [0.29, 0.717) is 11.6 Å². The molecule has 5 nitrogen and oxygen atoms in total. The Hall–Kier alpha value is -1.52. The van der Waals surface area contributed by atoms with Crippen LogP contribution in [0, 0.1) is 13.8 Å². The van der Waals surface area contributed by atoms with E-state index in [9.17, 15) is 4.79 Å². The summed E-state index contributed by atoms with van der Waals surface area (Å²) in [6.07, 6.45) is 0. The lowest BCUT2D eigenvalue weighted by Gasteiger charge is -2.00. The topological polar surface area (TPSA) is 72.9 Å². The van der Waals surface area contributed by atoms with Gasteiger partial charge in [-0.3, -0.25) is 4.57 Å². The molecule has 1 amide bonds. The van der Waals surface area contributed by atoms with Gasteiger partial charge in [0.1, 0.15) is 11.6 Å². The van der Waals surface area contributed by atoms with Crippen molar-refractivity contribution in [2.75, 3.05) is 12.4 Å². The Bertz CT molecular complexity index is 315. The SMILES string of the molecule is CNc1nc(C)n(C(N)=O)c1C. The summed E-state index contributed by atoms with van der Waals surface area (Å²) in [5, 5.41) is 2.87. The van der Waals surface area contributed by atoms with Gasteiger partial charge in [0.2, 0.25) is 0 Å². The van der Waals surface area contributed by atoms with Crippen LogP contribution in [0.25, 0.3) is 0 Å². The van der Waals surface area contributed by atoms with E-state index in [1.807, 2.05) is 0 Å². The molecule has 0 fully saturated rings. The number of aromatic nitrogens is 2. The normalized spacial score (nSPS) is 9.92. The zero-order valence-electron chi connectivity index (χ0n) is 7.38. The molecule has 0 aromatic carbocycles. The summed E-state index contributed by atoms with van der Waals surface area (Å²) in [5.41, 5.74) is 5.88. The Balaban J connectivity index is 3.28. The smallest absolute Gasteiger partial charge is 0.324 e. The molecule has 0 saturated heterocycles. The van der Waals surface area contributed by atoms with Crippen LogP contribution in [0.1, 0.15) is 11.5 Å². The molecule has 3 N–H and O–H groups in total. The fraction of sp³-hybridized carbons (Fsp3) is 0.429. The van der Waals surface area contributed by atoms with Crippen molar-refractivity contribution in [2.45, 2.75) is 13.8 Å². The summed E-state index contributed by atoms with van der Waals surface area (Å²) in [4.78, 5) is 15.0. The number of hydrogen-bond donors (Lipinski definition) is 2. The monoisotopic (exact) mass is 168 g/mol. The van der Waals surface area contributed by atoms with Crippen molar-refractivity contribution in [1.82, 2.24) is 9.55 Å². The summed E-state index contributed by atoms with van der Waals surface area (Å²) in [7, 11) is 1.75. The van der Waals surface area contributed by atoms with Crippen molar-refractivity contribution in [2.24, 2.45) is 5.73 Å². The number of imidazole rings is 1. The van der Waals surface area contributed by atoms with Crippen LogP contribution in [0.4, 0.5) is 10.6 Å². The maximum Gasteiger partial charge on any atom is 0.324 e. The first-order valence-corrected chi connectivity index (χ1v) is 3.61. The van der Waals surface area contributed by atoms with Crippen LogP contribution in [0.5, 0.6) is 0 Å². The van der Waals surface area contributed by atoms with Crippen molar-refractivity contribution in [1.29, 1.82) is 0 Å². The lowest BCUT2D eigenvalue weighted by molar-refractivity contribution is 0.249. The number of anilines is 1. The van der Waals surface area contributed by atoms with Gasteiger partial charge in [-0.1, -0.05) is 0 Å². The molecule has 0 aliphatic carbocycles. The lowest BCUT2D eigenvalue weighted by Crippen LogP contribution is -2.21. The second kappa shape index (κ2) is 2.84. The molecule has 66 valence electrons. The van der Waals surface area contributed by atoms with Gasteiger partial charge in [0, 0.05) is 7.05 Å². The molecule has 0 unspecified atom stereocenters. The van der Waals surface area contributed by atoms with E-state index in [2.05, 4.69) is 10.3 Å². The zero-order valence-corrected chi connectivity index (χ0v) is 7.38. The first-order valence-electron chi connectivity index (χ1n) is 3.61. The first-order chi connectivity index (χ1) is 5.57. The zero-order chi connectivity index (χ0) is 9.30. The molecule has 1 aromatic heterocycles. The lowest BCUT2D eigenvalue weighted by atomic mass is 10.5. The minimum absolute atomic E-state index is 0.501. The molecule has 0 aliphatic rings. The van der Waals surface area contributed by atoms with Gasteiger partial charge in [-0.15, -0.1) is 0 Å². The fourth-order valence-electron chi connectivity index (χ4n) is 1.20. The molecule has 1 rings (SSSR count). The van der Waals surface area contributed by atoms with Gasteiger partial charge in [0.25, 0.3) is 0 Å². The molecule has 12 heavy (non-hydrogen) atoms.